The van der Waals surface area contributed by atoms with Crippen molar-refractivity contribution in [1.29, 1.82) is 0 Å². The van der Waals surface area contributed by atoms with Crippen LogP contribution in [0, 0.1) is 19.8 Å². The number of aryl methyl sites for hydroxylation is 2. The van der Waals surface area contributed by atoms with Crippen LogP contribution < -0.4 is 5.32 Å². The molecule has 1 aromatic heterocycles. The van der Waals surface area contributed by atoms with E-state index in [2.05, 4.69) is 28.5 Å². The number of amides is 1. The Hall–Kier alpha value is -1.82. The molecule has 0 radical (unpaired) electrons. The van der Waals surface area contributed by atoms with Gasteiger partial charge in [0.15, 0.2) is 0 Å². The Balaban J connectivity index is 1.57. The Morgan fingerprint density at radius 3 is 2.65 bits per heavy atom. The van der Waals surface area contributed by atoms with Gasteiger partial charge in [-0.1, -0.05) is 29.0 Å². The molecular formula is C17H21N3O2S. The molecule has 2 aromatic rings. The molecule has 1 fully saturated rings. The summed E-state index contributed by atoms with van der Waals surface area (Å²) in [5.74, 6) is 1.46. The van der Waals surface area contributed by atoms with Crippen LogP contribution in [0.15, 0.2) is 27.8 Å². The van der Waals surface area contributed by atoms with E-state index in [0.29, 0.717) is 22.8 Å². The average molecular weight is 331 g/mol. The molecule has 6 heteroatoms. The molecule has 5 nitrogen and oxygen atoms in total. The second kappa shape index (κ2) is 6.74. The lowest BCUT2D eigenvalue weighted by Crippen LogP contribution is -2.35. The Bertz CT molecular complexity index is 689. The average Bonchev–Trinajstić information content (AvgIpc) is 3.23. The predicted molar refractivity (Wildman–Crippen MR) is 90.3 cm³/mol. The number of nitrogens with zero attached hydrogens (tertiary/aromatic N) is 2. The van der Waals surface area contributed by atoms with E-state index in [0.717, 1.165) is 16.7 Å². The van der Waals surface area contributed by atoms with Gasteiger partial charge >= 0.3 is 0 Å². The molecule has 1 aromatic carbocycles. The van der Waals surface area contributed by atoms with Gasteiger partial charge in [0, 0.05) is 11.6 Å². The standard InChI is InChI=1S/C17H21N3O2S/c1-10-6-11(2)8-14(7-10)16-19-20-17(22-16)23-9-15(21)18-12(3)13-4-5-13/h6-8,12-13H,4-5,9H2,1-3H3,(H,18,21)/t12-/m1/s1. The smallest absolute Gasteiger partial charge is 0.277 e. The second-order valence-electron chi connectivity index (χ2n) is 6.23. The Morgan fingerprint density at radius 1 is 1.30 bits per heavy atom. The van der Waals surface area contributed by atoms with Crippen LogP contribution in [0.3, 0.4) is 0 Å². The largest absolute Gasteiger partial charge is 0.411 e. The quantitative estimate of drug-likeness (QED) is 0.822. The van der Waals surface area contributed by atoms with Crippen LogP contribution in [0.25, 0.3) is 11.5 Å². The maximum Gasteiger partial charge on any atom is 0.277 e. The molecule has 1 amide bonds. The van der Waals surface area contributed by atoms with E-state index in [-0.39, 0.29) is 11.9 Å². The van der Waals surface area contributed by atoms with Crippen molar-refractivity contribution >= 4 is 17.7 Å². The van der Waals surface area contributed by atoms with Crippen LogP contribution in [-0.2, 0) is 4.79 Å². The molecule has 23 heavy (non-hydrogen) atoms. The van der Waals surface area contributed by atoms with Crippen LogP contribution in [0.2, 0.25) is 0 Å². The van der Waals surface area contributed by atoms with Gasteiger partial charge in [-0.3, -0.25) is 4.79 Å². The minimum Gasteiger partial charge on any atom is -0.411 e. The Morgan fingerprint density at radius 2 is 2.00 bits per heavy atom. The molecule has 1 saturated carbocycles. The highest BCUT2D eigenvalue weighted by atomic mass is 32.2. The number of benzene rings is 1. The molecule has 0 aliphatic heterocycles. The van der Waals surface area contributed by atoms with Crippen molar-refractivity contribution in [1.82, 2.24) is 15.5 Å². The fraction of sp³-hybridized carbons (Fsp3) is 0.471. The van der Waals surface area contributed by atoms with E-state index in [1.165, 1.54) is 24.6 Å². The molecule has 0 spiro atoms. The predicted octanol–water partition coefficient (Wildman–Crippen LogP) is 3.36. The lowest BCUT2D eigenvalue weighted by atomic mass is 10.1. The first-order valence-electron chi connectivity index (χ1n) is 7.85. The topological polar surface area (TPSA) is 68.0 Å². The molecule has 1 aliphatic rings. The summed E-state index contributed by atoms with van der Waals surface area (Å²) in [7, 11) is 0. The summed E-state index contributed by atoms with van der Waals surface area (Å²) in [4.78, 5) is 11.9. The first-order chi connectivity index (χ1) is 11.0. The molecule has 1 aliphatic carbocycles. The van der Waals surface area contributed by atoms with Crippen molar-refractivity contribution < 1.29 is 9.21 Å². The van der Waals surface area contributed by atoms with Gasteiger partial charge in [0.25, 0.3) is 5.22 Å². The number of aromatic nitrogens is 2. The lowest BCUT2D eigenvalue weighted by molar-refractivity contribution is -0.119. The third-order valence-corrected chi connectivity index (χ3v) is 4.74. The highest BCUT2D eigenvalue weighted by Crippen LogP contribution is 2.32. The van der Waals surface area contributed by atoms with E-state index in [1.54, 1.807) is 0 Å². The summed E-state index contributed by atoms with van der Waals surface area (Å²) >= 11 is 1.27. The van der Waals surface area contributed by atoms with Gasteiger partial charge in [0.1, 0.15) is 0 Å². The summed E-state index contributed by atoms with van der Waals surface area (Å²) in [6, 6.07) is 6.38. The summed E-state index contributed by atoms with van der Waals surface area (Å²) in [5, 5.41) is 11.5. The van der Waals surface area contributed by atoms with Crippen LogP contribution in [0.4, 0.5) is 0 Å². The molecule has 0 bridgehead atoms. The van der Waals surface area contributed by atoms with Crippen molar-refractivity contribution in [3.05, 3.63) is 29.3 Å². The monoisotopic (exact) mass is 331 g/mol. The van der Waals surface area contributed by atoms with Crippen molar-refractivity contribution in [2.24, 2.45) is 5.92 Å². The highest BCUT2D eigenvalue weighted by molar-refractivity contribution is 7.99. The molecule has 1 atom stereocenters. The van der Waals surface area contributed by atoms with Gasteiger partial charge in [-0.15, -0.1) is 10.2 Å². The zero-order chi connectivity index (χ0) is 16.4. The van der Waals surface area contributed by atoms with Gasteiger partial charge in [-0.05, 0) is 51.7 Å². The zero-order valence-corrected chi connectivity index (χ0v) is 14.4. The summed E-state index contributed by atoms with van der Waals surface area (Å²) in [6.45, 7) is 6.13. The molecule has 1 N–H and O–H groups in total. The summed E-state index contributed by atoms with van der Waals surface area (Å²) in [6.07, 6.45) is 2.44. The Labute approximate surface area is 140 Å². The zero-order valence-electron chi connectivity index (χ0n) is 13.6. The van der Waals surface area contributed by atoms with Gasteiger partial charge in [-0.2, -0.15) is 0 Å². The molecular weight excluding hydrogens is 310 g/mol. The maximum atomic E-state index is 11.9. The first-order valence-corrected chi connectivity index (χ1v) is 8.84. The normalized spacial score (nSPS) is 15.4. The van der Waals surface area contributed by atoms with E-state index >= 15 is 0 Å². The molecule has 122 valence electrons. The number of carbonyl (C=O) groups is 1. The third-order valence-electron chi connectivity index (χ3n) is 3.92. The van der Waals surface area contributed by atoms with Crippen molar-refractivity contribution in [2.75, 3.05) is 5.75 Å². The number of hydrogen-bond donors (Lipinski definition) is 1. The maximum absolute atomic E-state index is 11.9. The summed E-state index contributed by atoms with van der Waals surface area (Å²) < 4.78 is 5.66. The third kappa shape index (κ3) is 4.34. The molecule has 1 heterocycles. The number of thioether (sulfide) groups is 1. The van der Waals surface area contributed by atoms with Crippen LogP contribution in [0.5, 0.6) is 0 Å². The Kier molecular flexibility index (Phi) is 4.71. The first kappa shape index (κ1) is 16.1. The molecule has 3 rings (SSSR count). The molecule has 0 saturated heterocycles. The van der Waals surface area contributed by atoms with Crippen LogP contribution >= 0.6 is 11.8 Å². The van der Waals surface area contributed by atoms with E-state index < -0.39 is 0 Å². The van der Waals surface area contributed by atoms with Crippen molar-refractivity contribution in [3.8, 4) is 11.5 Å². The minimum atomic E-state index is 0.0144. The van der Waals surface area contributed by atoms with Crippen molar-refractivity contribution in [2.45, 2.75) is 44.9 Å². The highest BCUT2D eigenvalue weighted by Gasteiger charge is 2.28. The second-order valence-corrected chi connectivity index (χ2v) is 7.16. The number of rotatable bonds is 6. The van der Waals surface area contributed by atoms with E-state index in [4.69, 9.17) is 4.42 Å². The van der Waals surface area contributed by atoms with Gasteiger partial charge < -0.3 is 9.73 Å². The number of hydrogen-bond acceptors (Lipinski definition) is 5. The van der Waals surface area contributed by atoms with Crippen LogP contribution in [-0.4, -0.2) is 27.9 Å². The lowest BCUT2D eigenvalue weighted by Gasteiger charge is -2.11. The SMILES string of the molecule is Cc1cc(C)cc(-c2nnc(SCC(=O)N[C@H](C)C3CC3)o2)c1. The van der Waals surface area contributed by atoms with E-state index in [1.807, 2.05) is 26.0 Å². The summed E-state index contributed by atoms with van der Waals surface area (Å²) in [5.41, 5.74) is 3.22. The molecule has 0 unspecified atom stereocenters. The minimum absolute atomic E-state index is 0.0144. The fourth-order valence-electron chi connectivity index (χ4n) is 2.62. The number of nitrogens with one attached hydrogen (secondary N) is 1. The van der Waals surface area contributed by atoms with Crippen molar-refractivity contribution in [3.63, 3.8) is 0 Å². The van der Waals surface area contributed by atoms with Crippen LogP contribution in [0.1, 0.15) is 30.9 Å². The van der Waals surface area contributed by atoms with Gasteiger partial charge in [0.05, 0.1) is 5.75 Å². The van der Waals surface area contributed by atoms with E-state index in [9.17, 15) is 4.79 Å². The van der Waals surface area contributed by atoms with Gasteiger partial charge in [-0.25, -0.2) is 0 Å². The fourth-order valence-corrected chi connectivity index (χ4v) is 3.19. The number of carbonyl (C=O) groups excluding carboxylic acids is 1. The van der Waals surface area contributed by atoms with Gasteiger partial charge in [0.2, 0.25) is 11.8 Å².